The van der Waals surface area contributed by atoms with Crippen molar-refractivity contribution in [2.45, 2.75) is 11.0 Å². The van der Waals surface area contributed by atoms with Crippen LogP contribution in [0.5, 0.6) is 0 Å². The van der Waals surface area contributed by atoms with Crippen molar-refractivity contribution in [2.75, 3.05) is 26.2 Å². The van der Waals surface area contributed by atoms with Gasteiger partial charge in [0.15, 0.2) is 0 Å². The first-order chi connectivity index (χ1) is 8.99. The van der Waals surface area contributed by atoms with E-state index in [1.807, 2.05) is 0 Å². The maximum Gasteiger partial charge on any atom is 0.242 e. The third kappa shape index (κ3) is 3.87. The Balaban J connectivity index is 2.05. The molecule has 0 saturated carbocycles. The highest BCUT2D eigenvalue weighted by Gasteiger charge is 2.21. The molecule has 1 heterocycles. The first kappa shape index (κ1) is 14.7. The number of hydrogen-bond acceptors (Lipinski definition) is 4. The summed E-state index contributed by atoms with van der Waals surface area (Å²) in [5.41, 5.74) is 0. The Kier molecular flexibility index (Phi) is 4.75. The van der Waals surface area contributed by atoms with Crippen molar-refractivity contribution >= 4 is 21.6 Å². The molecule has 1 aromatic carbocycles. The van der Waals surface area contributed by atoms with Crippen molar-refractivity contribution in [3.63, 3.8) is 0 Å². The number of nitrogens with one attached hydrogen (secondary N) is 2. The molecule has 0 amide bonds. The number of benzene rings is 1. The first-order valence-electron chi connectivity index (χ1n) is 5.76. The number of halogens is 2. The van der Waals surface area contributed by atoms with E-state index in [2.05, 4.69) is 10.0 Å². The van der Waals surface area contributed by atoms with Crippen LogP contribution < -0.4 is 10.0 Å². The fourth-order valence-electron chi connectivity index (χ4n) is 1.72. The monoisotopic (exact) mass is 308 g/mol. The minimum Gasteiger partial charge on any atom is -0.374 e. The molecule has 1 atom stereocenters. The van der Waals surface area contributed by atoms with Gasteiger partial charge in [-0.3, -0.25) is 0 Å². The fourth-order valence-corrected chi connectivity index (χ4v) is 3.32. The van der Waals surface area contributed by atoms with Crippen LogP contribution in [-0.4, -0.2) is 40.8 Å². The molecule has 19 heavy (non-hydrogen) atoms. The van der Waals surface area contributed by atoms with Crippen LogP contribution in [-0.2, 0) is 14.8 Å². The van der Waals surface area contributed by atoms with Gasteiger partial charge in [0.05, 0.1) is 17.7 Å². The number of ether oxygens (including phenoxy) is 1. The van der Waals surface area contributed by atoms with Crippen LogP contribution in [0.3, 0.4) is 0 Å². The molecule has 1 saturated heterocycles. The Morgan fingerprint density at radius 3 is 2.95 bits per heavy atom. The summed E-state index contributed by atoms with van der Waals surface area (Å²) in [6, 6.07) is 3.16. The first-order valence-corrected chi connectivity index (χ1v) is 7.62. The average Bonchev–Trinajstić information content (AvgIpc) is 2.37. The molecule has 0 radical (unpaired) electrons. The van der Waals surface area contributed by atoms with Crippen LogP contribution in [0.1, 0.15) is 0 Å². The molecule has 0 aliphatic carbocycles. The third-order valence-corrected chi connectivity index (χ3v) is 4.60. The Morgan fingerprint density at radius 1 is 1.53 bits per heavy atom. The summed E-state index contributed by atoms with van der Waals surface area (Å²) in [4.78, 5) is -0.140. The lowest BCUT2D eigenvalue weighted by molar-refractivity contribution is 0.0324. The van der Waals surface area contributed by atoms with E-state index in [1.54, 1.807) is 0 Å². The number of morpholine rings is 1. The van der Waals surface area contributed by atoms with Gasteiger partial charge in [0.25, 0.3) is 0 Å². The van der Waals surface area contributed by atoms with Gasteiger partial charge in [0, 0.05) is 19.6 Å². The quantitative estimate of drug-likeness (QED) is 0.861. The molecule has 2 rings (SSSR count). The van der Waals surface area contributed by atoms with Gasteiger partial charge in [-0.25, -0.2) is 17.5 Å². The highest BCUT2D eigenvalue weighted by Crippen LogP contribution is 2.21. The molecule has 2 N–H and O–H groups in total. The zero-order chi connectivity index (χ0) is 13.9. The molecular weight excluding hydrogens is 295 g/mol. The molecular formula is C11H14ClFN2O3S. The fraction of sp³-hybridized carbons (Fsp3) is 0.455. The number of rotatable bonds is 4. The van der Waals surface area contributed by atoms with Gasteiger partial charge < -0.3 is 10.1 Å². The molecule has 0 aromatic heterocycles. The zero-order valence-corrected chi connectivity index (χ0v) is 11.6. The summed E-state index contributed by atoms with van der Waals surface area (Å²) in [5, 5.41) is 2.95. The van der Waals surface area contributed by atoms with Crippen LogP contribution in [0.15, 0.2) is 23.1 Å². The molecule has 1 aromatic rings. The van der Waals surface area contributed by atoms with Crippen LogP contribution in [0.2, 0.25) is 5.02 Å². The van der Waals surface area contributed by atoms with E-state index >= 15 is 0 Å². The molecule has 0 spiro atoms. The number of sulfonamides is 1. The smallest absolute Gasteiger partial charge is 0.242 e. The summed E-state index contributed by atoms with van der Waals surface area (Å²) >= 11 is 5.73. The highest BCUT2D eigenvalue weighted by molar-refractivity contribution is 7.89. The normalized spacial score (nSPS) is 20.4. The zero-order valence-electron chi connectivity index (χ0n) is 10.0. The molecule has 1 unspecified atom stereocenters. The van der Waals surface area contributed by atoms with Crippen molar-refractivity contribution < 1.29 is 17.5 Å². The van der Waals surface area contributed by atoms with E-state index in [-0.39, 0.29) is 22.6 Å². The molecule has 8 heteroatoms. The van der Waals surface area contributed by atoms with Crippen LogP contribution >= 0.6 is 11.6 Å². The summed E-state index contributed by atoms with van der Waals surface area (Å²) < 4.78 is 44.7. The van der Waals surface area contributed by atoms with Gasteiger partial charge in [0.1, 0.15) is 10.7 Å². The summed E-state index contributed by atoms with van der Waals surface area (Å²) in [5.74, 6) is -0.580. The van der Waals surface area contributed by atoms with Gasteiger partial charge in [-0.15, -0.1) is 0 Å². The molecule has 1 aliphatic heterocycles. The maximum atomic E-state index is 12.9. The predicted octanol–water partition coefficient (Wildman–Crippen LogP) is 0.746. The van der Waals surface area contributed by atoms with Gasteiger partial charge in [-0.05, 0) is 18.2 Å². The Hall–Kier alpha value is -0.730. The summed E-state index contributed by atoms with van der Waals surface area (Å²) in [6.07, 6.45) is -0.220. The minimum absolute atomic E-state index is 0.140. The highest BCUT2D eigenvalue weighted by atomic mass is 35.5. The van der Waals surface area contributed by atoms with E-state index < -0.39 is 15.8 Å². The van der Waals surface area contributed by atoms with E-state index in [4.69, 9.17) is 16.3 Å². The Labute approximate surface area is 116 Å². The molecule has 5 nitrogen and oxygen atoms in total. The Bertz CT molecular complexity index is 547. The maximum absolute atomic E-state index is 12.9. The second kappa shape index (κ2) is 6.15. The second-order valence-corrected chi connectivity index (χ2v) is 6.27. The van der Waals surface area contributed by atoms with Crippen LogP contribution in [0.4, 0.5) is 4.39 Å². The minimum atomic E-state index is -3.76. The van der Waals surface area contributed by atoms with E-state index in [9.17, 15) is 12.8 Å². The van der Waals surface area contributed by atoms with Crippen molar-refractivity contribution in [1.29, 1.82) is 0 Å². The lowest BCUT2D eigenvalue weighted by atomic mass is 10.3. The van der Waals surface area contributed by atoms with Crippen molar-refractivity contribution in [2.24, 2.45) is 0 Å². The molecule has 1 aliphatic rings. The van der Waals surface area contributed by atoms with Crippen molar-refractivity contribution in [3.8, 4) is 0 Å². The molecule has 1 fully saturated rings. The summed E-state index contributed by atoms with van der Waals surface area (Å²) in [6.45, 7) is 2.03. The van der Waals surface area contributed by atoms with Crippen molar-refractivity contribution in [3.05, 3.63) is 29.0 Å². The second-order valence-electron chi connectivity index (χ2n) is 4.12. The largest absolute Gasteiger partial charge is 0.374 e. The lowest BCUT2D eigenvalue weighted by Crippen LogP contribution is -2.45. The van der Waals surface area contributed by atoms with Crippen molar-refractivity contribution in [1.82, 2.24) is 10.0 Å². The van der Waals surface area contributed by atoms with Gasteiger partial charge in [-0.1, -0.05) is 11.6 Å². The summed E-state index contributed by atoms with van der Waals surface area (Å²) in [7, 11) is -3.76. The topological polar surface area (TPSA) is 67.4 Å². The van der Waals surface area contributed by atoms with E-state index in [0.717, 1.165) is 24.7 Å². The SMILES string of the molecule is O=S(=O)(NCC1CNCCO1)c1ccc(F)cc1Cl. The van der Waals surface area contributed by atoms with Gasteiger partial charge >= 0.3 is 0 Å². The van der Waals surface area contributed by atoms with E-state index in [0.29, 0.717) is 13.2 Å². The van der Waals surface area contributed by atoms with Gasteiger partial charge in [0.2, 0.25) is 10.0 Å². The predicted molar refractivity (Wildman–Crippen MR) is 69.2 cm³/mol. The molecule has 0 bridgehead atoms. The molecule has 106 valence electrons. The van der Waals surface area contributed by atoms with Crippen LogP contribution in [0.25, 0.3) is 0 Å². The van der Waals surface area contributed by atoms with Gasteiger partial charge in [-0.2, -0.15) is 0 Å². The number of hydrogen-bond donors (Lipinski definition) is 2. The average molecular weight is 309 g/mol. The van der Waals surface area contributed by atoms with Crippen LogP contribution in [0, 0.1) is 5.82 Å². The standard InChI is InChI=1S/C11H14ClFN2O3S/c12-10-5-8(13)1-2-11(10)19(16,17)15-7-9-6-14-3-4-18-9/h1-2,5,9,14-15H,3-4,6-7H2. The van der Waals surface area contributed by atoms with E-state index in [1.165, 1.54) is 0 Å². The third-order valence-electron chi connectivity index (χ3n) is 2.69. The Morgan fingerprint density at radius 2 is 2.32 bits per heavy atom. The lowest BCUT2D eigenvalue weighted by Gasteiger charge is -2.23.